The number of benzene rings is 2. The topological polar surface area (TPSA) is 66.9 Å². The molecule has 2 aromatic carbocycles. The number of amides is 4. The maximum absolute atomic E-state index is 13.3. The van der Waals surface area contributed by atoms with E-state index in [1.54, 1.807) is 61.7 Å². The molecule has 1 atom stereocenters. The average Bonchev–Trinajstić information content (AvgIpc) is 2.76. The van der Waals surface area contributed by atoms with Gasteiger partial charge >= 0.3 is 6.03 Å². The molecule has 1 unspecified atom stereocenters. The molecule has 4 amide bonds. The van der Waals surface area contributed by atoms with Crippen LogP contribution in [-0.2, 0) is 9.59 Å². The predicted molar refractivity (Wildman–Crippen MR) is 108 cm³/mol. The van der Waals surface area contributed by atoms with Crippen LogP contribution in [0.5, 0.6) is 5.75 Å². The van der Waals surface area contributed by atoms with Gasteiger partial charge in [0.2, 0.25) is 0 Å². The van der Waals surface area contributed by atoms with Crippen LogP contribution in [0, 0.1) is 0 Å². The lowest BCUT2D eigenvalue weighted by Crippen LogP contribution is -2.58. The predicted octanol–water partition coefficient (Wildman–Crippen LogP) is 4.01. The molecule has 0 N–H and O–H groups in total. The molecule has 6 nitrogen and oxygen atoms in total. The molecule has 4 rings (SSSR count). The largest absolute Gasteiger partial charge is 0.497 e. The second-order valence-electron chi connectivity index (χ2n) is 6.80. The van der Waals surface area contributed by atoms with Crippen molar-refractivity contribution >= 4 is 23.5 Å². The first kappa shape index (κ1) is 18.7. The maximum atomic E-state index is 13.3. The fourth-order valence-electron chi connectivity index (χ4n) is 3.59. The number of hydrogen-bond donors (Lipinski definition) is 0. The standard InChI is InChI=1S/C23H20N2O4/c1-29-19-14-12-18(13-15-19)25-22(27)20(16-8-4-2-5-9-16)21(26)24(23(25)28)17-10-6-3-7-11-17/h2-6,8-10,12-15,20H,7,11H2,1H3. The highest BCUT2D eigenvalue weighted by molar-refractivity contribution is 6.30. The number of urea groups is 1. The molecule has 0 aromatic heterocycles. The van der Waals surface area contributed by atoms with Gasteiger partial charge in [0, 0.05) is 5.70 Å². The summed E-state index contributed by atoms with van der Waals surface area (Å²) in [4.78, 5) is 42.1. The zero-order valence-corrected chi connectivity index (χ0v) is 15.9. The Hall–Kier alpha value is -3.67. The van der Waals surface area contributed by atoms with Gasteiger partial charge in [-0.3, -0.25) is 9.59 Å². The Morgan fingerprint density at radius 3 is 2.21 bits per heavy atom. The fraction of sp³-hybridized carbons (Fsp3) is 0.174. The Kier molecular flexibility index (Phi) is 4.99. The third-order valence-corrected chi connectivity index (χ3v) is 5.06. The number of anilines is 1. The molecule has 0 bridgehead atoms. The first-order valence-corrected chi connectivity index (χ1v) is 9.38. The summed E-state index contributed by atoms with van der Waals surface area (Å²) in [6, 6.07) is 14.8. The van der Waals surface area contributed by atoms with E-state index in [0.717, 1.165) is 16.2 Å². The summed E-state index contributed by atoms with van der Waals surface area (Å²) in [6.45, 7) is 0. The molecule has 0 spiro atoms. The molecule has 0 radical (unpaired) electrons. The summed E-state index contributed by atoms with van der Waals surface area (Å²) in [5, 5.41) is 0. The first-order valence-electron chi connectivity index (χ1n) is 9.38. The van der Waals surface area contributed by atoms with Gasteiger partial charge in [0.25, 0.3) is 11.8 Å². The zero-order chi connectivity index (χ0) is 20.4. The molecule has 146 valence electrons. The quantitative estimate of drug-likeness (QED) is 0.743. The van der Waals surface area contributed by atoms with Crippen LogP contribution >= 0.6 is 0 Å². The van der Waals surface area contributed by atoms with Crippen molar-refractivity contribution < 1.29 is 19.1 Å². The molecule has 1 heterocycles. The highest BCUT2D eigenvalue weighted by Crippen LogP contribution is 2.34. The molecular formula is C23H20N2O4. The number of imide groups is 2. The third kappa shape index (κ3) is 3.33. The van der Waals surface area contributed by atoms with E-state index in [-0.39, 0.29) is 0 Å². The summed E-state index contributed by atoms with van der Waals surface area (Å²) >= 11 is 0. The average molecular weight is 388 g/mol. The van der Waals surface area contributed by atoms with Crippen molar-refractivity contribution in [3.63, 3.8) is 0 Å². The van der Waals surface area contributed by atoms with Crippen LogP contribution in [0.25, 0.3) is 0 Å². The van der Waals surface area contributed by atoms with E-state index in [1.807, 2.05) is 18.2 Å². The summed E-state index contributed by atoms with van der Waals surface area (Å²) < 4.78 is 5.16. The summed E-state index contributed by atoms with van der Waals surface area (Å²) in [5.74, 6) is -1.54. The van der Waals surface area contributed by atoms with E-state index >= 15 is 0 Å². The molecule has 1 aliphatic heterocycles. The SMILES string of the molecule is COc1ccc(N2C(=O)C(c3ccccc3)C(=O)N(C3=CC=CCC3)C2=O)cc1. The van der Waals surface area contributed by atoms with Crippen molar-refractivity contribution in [2.24, 2.45) is 0 Å². The van der Waals surface area contributed by atoms with Crippen molar-refractivity contribution in [2.45, 2.75) is 18.8 Å². The van der Waals surface area contributed by atoms with Crippen molar-refractivity contribution in [3.8, 4) is 5.75 Å². The monoisotopic (exact) mass is 388 g/mol. The van der Waals surface area contributed by atoms with E-state index in [9.17, 15) is 14.4 Å². The number of nitrogens with zero attached hydrogens (tertiary/aromatic N) is 2. The van der Waals surface area contributed by atoms with Crippen LogP contribution in [0.2, 0.25) is 0 Å². The second-order valence-corrected chi connectivity index (χ2v) is 6.80. The number of ether oxygens (including phenoxy) is 1. The Labute approximate surface area is 168 Å². The zero-order valence-electron chi connectivity index (χ0n) is 15.9. The summed E-state index contributed by atoms with van der Waals surface area (Å²) in [6.07, 6.45) is 6.84. The van der Waals surface area contributed by atoms with Gasteiger partial charge in [-0.05, 0) is 48.7 Å². The molecule has 2 aromatic rings. The van der Waals surface area contributed by atoms with Crippen LogP contribution in [0.4, 0.5) is 10.5 Å². The van der Waals surface area contributed by atoms with Crippen LogP contribution in [0.15, 0.2) is 78.5 Å². The van der Waals surface area contributed by atoms with Gasteiger partial charge in [-0.25, -0.2) is 14.6 Å². The summed E-state index contributed by atoms with van der Waals surface area (Å²) in [5.41, 5.74) is 1.55. The van der Waals surface area contributed by atoms with Gasteiger partial charge in [-0.1, -0.05) is 42.5 Å². The minimum Gasteiger partial charge on any atom is -0.497 e. The van der Waals surface area contributed by atoms with E-state index in [0.29, 0.717) is 29.1 Å². The van der Waals surface area contributed by atoms with Crippen LogP contribution in [0.1, 0.15) is 24.3 Å². The number of allylic oxidation sites excluding steroid dienone is 4. The smallest absolute Gasteiger partial charge is 0.342 e. The van der Waals surface area contributed by atoms with Crippen molar-refractivity contribution in [1.82, 2.24) is 4.90 Å². The molecule has 6 heteroatoms. The first-order chi connectivity index (χ1) is 14.1. The van der Waals surface area contributed by atoms with E-state index in [1.165, 1.54) is 0 Å². The van der Waals surface area contributed by atoms with Crippen molar-refractivity contribution in [3.05, 3.63) is 84.1 Å². The van der Waals surface area contributed by atoms with Crippen LogP contribution in [-0.4, -0.2) is 29.9 Å². The molecule has 0 saturated carbocycles. The number of barbiturate groups is 1. The van der Waals surface area contributed by atoms with E-state index in [4.69, 9.17) is 4.74 Å². The Bertz CT molecular complexity index is 1010. The Morgan fingerprint density at radius 2 is 1.59 bits per heavy atom. The lowest BCUT2D eigenvalue weighted by atomic mass is 9.93. The van der Waals surface area contributed by atoms with E-state index in [2.05, 4.69) is 0 Å². The lowest BCUT2D eigenvalue weighted by molar-refractivity contribution is -0.136. The van der Waals surface area contributed by atoms with Gasteiger partial charge in [0.15, 0.2) is 0 Å². The van der Waals surface area contributed by atoms with Gasteiger partial charge in [0.1, 0.15) is 11.7 Å². The number of methoxy groups -OCH3 is 1. The third-order valence-electron chi connectivity index (χ3n) is 5.06. The molecule has 1 fully saturated rings. The van der Waals surface area contributed by atoms with E-state index < -0.39 is 23.8 Å². The van der Waals surface area contributed by atoms with Gasteiger partial charge < -0.3 is 4.74 Å². The van der Waals surface area contributed by atoms with Gasteiger partial charge in [-0.2, -0.15) is 0 Å². The number of rotatable bonds is 4. The van der Waals surface area contributed by atoms with Crippen molar-refractivity contribution in [1.29, 1.82) is 0 Å². The highest BCUT2D eigenvalue weighted by Gasteiger charge is 2.48. The van der Waals surface area contributed by atoms with Gasteiger partial charge in [0.05, 0.1) is 12.8 Å². The molecule has 1 saturated heterocycles. The summed E-state index contributed by atoms with van der Waals surface area (Å²) in [7, 11) is 1.54. The number of carbonyl (C=O) groups excluding carboxylic acids is 3. The molecular weight excluding hydrogens is 368 g/mol. The van der Waals surface area contributed by atoms with Gasteiger partial charge in [-0.15, -0.1) is 0 Å². The second kappa shape index (κ2) is 7.75. The van der Waals surface area contributed by atoms with Crippen LogP contribution in [0.3, 0.4) is 0 Å². The Morgan fingerprint density at radius 1 is 0.897 bits per heavy atom. The highest BCUT2D eigenvalue weighted by atomic mass is 16.5. The minimum atomic E-state index is -1.08. The van der Waals surface area contributed by atoms with Crippen molar-refractivity contribution in [2.75, 3.05) is 12.0 Å². The molecule has 1 aliphatic carbocycles. The molecule has 29 heavy (non-hydrogen) atoms. The van der Waals surface area contributed by atoms with Crippen LogP contribution < -0.4 is 9.64 Å². The maximum Gasteiger partial charge on any atom is 0.342 e. The molecule has 2 aliphatic rings. The minimum absolute atomic E-state index is 0.395. The number of hydrogen-bond acceptors (Lipinski definition) is 4. The Balaban J connectivity index is 1.82. The normalized spacial score (nSPS) is 19.4. The number of carbonyl (C=O) groups is 3. The fourth-order valence-corrected chi connectivity index (χ4v) is 3.59. The lowest BCUT2D eigenvalue weighted by Gasteiger charge is -2.38.